The van der Waals surface area contributed by atoms with Crippen LogP contribution in [0.3, 0.4) is 0 Å². The number of aryl methyl sites for hydroxylation is 1. The van der Waals surface area contributed by atoms with Gasteiger partial charge in [-0.25, -0.2) is 0 Å². The monoisotopic (exact) mass is 345 g/mol. The van der Waals surface area contributed by atoms with Crippen LogP contribution in [0.2, 0.25) is 10.0 Å². The molecule has 0 radical (unpaired) electrons. The lowest BCUT2D eigenvalue weighted by atomic mass is 10.1. The lowest BCUT2D eigenvalue weighted by Crippen LogP contribution is -2.05. The first kappa shape index (κ1) is 15.5. The van der Waals surface area contributed by atoms with Crippen LogP contribution in [0.5, 0.6) is 0 Å². The first-order chi connectivity index (χ1) is 11.0. The van der Waals surface area contributed by atoms with Gasteiger partial charge in [-0.1, -0.05) is 34.8 Å². The van der Waals surface area contributed by atoms with Crippen molar-refractivity contribution in [3.63, 3.8) is 0 Å². The number of nitrogens with one attached hydrogen (secondary N) is 1. The van der Waals surface area contributed by atoms with Crippen molar-refractivity contribution >= 4 is 40.8 Å². The Labute approximate surface area is 143 Å². The zero-order chi connectivity index (χ0) is 16.4. The maximum Gasteiger partial charge on any atom is 0.232 e. The van der Waals surface area contributed by atoms with Gasteiger partial charge in [0, 0.05) is 16.3 Å². The summed E-state index contributed by atoms with van der Waals surface area (Å²) in [7, 11) is 0. The Hall–Kier alpha value is -2.37. The van der Waals surface area contributed by atoms with Gasteiger partial charge in [0.05, 0.1) is 5.02 Å². The number of nitrogen functional groups attached to an aromatic ring is 1. The highest BCUT2D eigenvalue weighted by Gasteiger charge is 2.11. The molecule has 3 rings (SSSR count). The Morgan fingerprint density at radius 1 is 0.957 bits per heavy atom. The van der Waals surface area contributed by atoms with E-state index < -0.39 is 0 Å². The van der Waals surface area contributed by atoms with Crippen LogP contribution in [-0.4, -0.2) is 15.0 Å². The lowest BCUT2D eigenvalue weighted by molar-refractivity contribution is 1.08. The summed E-state index contributed by atoms with van der Waals surface area (Å²) in [5.74, 6) is 0.874. The number of benzene rings is 2. The van der Waals surface area contributed by atoms with Gasteiger partial charge in [0.2, 0.25) is 11.9 Å². The molecule has 116 valence electrons. The molecule has 1 heterocycles. The summed E-state index contributed by atoms with van der Waals surface area (Å²) in [6.07, 6.45) is 0. The molecule has 3 N–H and O–H groups in total. The normalized spacial score (nSPS) is 10.6. The molecule has 3 aromatic rings. The molecule has 7 heteroatoms. The summed E-state index contributed by atoms with van der Waals surface area (Å²) in [5, 5.41) is 4.28. The highest BCUT2D eigenvalue weighted by Crippen LogP contribution is 2.27. The fourth-order valence-electron chi connectivity index (χ4n) is 2.04. The van der Waals surface area contributed by atoms with E-state index in [4.69, 9.17) is 28.9 Å². The Kier molecular flexibility index (Phi) is 4.32. The summed E-state index contributed by atoms with van der Waals surface area (Å²) >= 11 is 12.1. The second-order valence-electron chi connectivity index (χ2n) is 4.96. The minimum absolute atomic E-state index is 0.115. The molecule has 0 bridgehead atoms. The second kappa shape index (κ2) is 6.40. The zero-order valence-corrected chi connectivity index (χ0v) is 13.7. The van der Waals surface area contributed by atoms with Crippen LogP contribution in [0.15, 0.2) is 42.5 Å². The molecule has 5 nitrogen and oxygen atoms in total. The predicted molar refractivity (Wildman–Crippen MR) is 94.2 cm³/mol. The molecule has 0 saturated heterocycles. The molecule has 0 aliphatic carbocycles. The van der Waals surface area contributed by atoms with Crippen molar-refractivity contribution in [1.29, 1.82) is 0 Å². The van der Waals surface area contributed by atoms with Gasteiger partial charge < -0.3 is 11.1 Å². The first-order valence-electron chi connectivity index (χ1n) is 6.82. The van der Waals surface area contributed by atoms with Gasteiger partial charge in [0.1, 0.15) is 0 Å². The average Bonchev–Trinajstić information content (AvgIpc) is 2.51. The topological polar surface area (TPSA) is 76.7 Å². The number of nitrogens with zero attached hydrogens (tertiary/aromatic N) is 3. The van der Waals surface area contributed by atoms with Crippen LogP contribution in [0, 0.1) is 6.92 Å². The van der Waals surface area contributed by atoms with Crippen molar-refractivity contribution < 1.29 is 0 Å². The lowest BCUT2D eigenvalue weighted by Gasteiger charge is -2.09. The molecule has 0 saturated carbocycles. The summed E-state index contributed by atoms with van der Waals surface area (Å²) < 4.78 is 0. The fraction of sp³-hybridized carbons (Fsp3) is 0.0625. The molecule has 0 aliphatic rings. The van der Waals surface area contributed by atoms with Crippen molar-refractivity contribution in [3.05, 3.63) is 58.1 Å². The third-order valence-electron chi connectivity index (χ3n) is 3.12. The molecule has 23 heavy (non-hydrogen) atoms. The third-order valence-corrected chi connectivity index (χ3v) is 3.70. The number of hydrogen-bond acceptors (Lipinski definition) is 5. The quantitative estimate of drug-likeness (QED) is 0.731. The van der Waals surface area contributed by atoms with E-state index in [0.717, 1.165) is 11.3 Å². The largest absolute Gasteiger partial charge is 0.368 e. The van der Waals surface area contributed by atoms with Crippen LogP contribution >= 0.6 is 23.2 Å². The smallest absolute Gasteiger partial charge is 0.232 e. The summed E-state index contributed by atoms with van der Waals surface area (Å²) in [4.78, 5) is 12.7. The maximum atomic E-state index is 6.24. The predicted octanol–water partition coefficient (Wildman–Crippen LogP) is 4.48. The van der Waals surface area contributed by atoms with Gasteiger partial charge in [-0.2, -0.15) is 15.0 Å². The Morgan fingerprint density at radius 2 is 1.70 bits per heavy atom. The van der Waals surface area contributed by atoms with Gasteiger partial charge in [-0.05, 0) is 43.3 Å². The van der Waals surface area contributed by atoms with Crippen molar-refractivity contribution in [2.24, 2.45) is 0 Å². The first-order valence-corrected chi connectivity index (χ1v) is 7.57. The van der Waals surface area contributed by atoms with Crippen molar-refractivity contribution in [2.45, 2.75) is 6.92 Å². The number of hydrogen-bond donors (Lipinski definition) is 2. The molecule has 1 aromatic heterocycles. The molecule has 0 unspecified atom stereocenters. The molecule has 0 amide bonds. The van der Waals surface area contributed by atoms with Crippen LogP contribution in [-0.2, 0) is 0 Å². The van der Waals surface area contributed by atoms with E-state index in [1.165, 1.54) is 0 Å². The van der Waals surface area contributed by atoms with Crippen LogP contribution in [0.25, 0.3) is 11.4 Å². The second-order valence-corrected chi connectivity index (χ2v) is 5.80. The highest BCUT2D eigenvalue weighted by molar-refractivity contribution is 6.33. The van der Waals surface area contributed by atoms with Crippen LogP contribution < -0.4 is 11.1 Å². The number of aromatic nitrogens is 3. The van der Waals surface area contributed by atoms with E-state index in [9.17, 15) is 0 Å². The molecule has 0 fully saturated rings. The molecular weight excluding hydrogens is 333 g/mol. The Bertz CT molecular complexity index is 850. The summed E-state index contributed by atoms with van der Waals surface area (Å²) in [6, 6.07) is 12.8. The van der Waals surface area contributed by atoms with Crippen molar-refractivity contribution in [3.8, 4) is 11.4 Å². The molecular formula is C16H13Cl2N5. The van der Waals surface area contributed by atoms with E-state index in [0.29, 0.717) is 27.4 Å². The Balaban J connectivity index is 1.99. The number of halogens is 2. The van der Waals surface area contributed by atoms with Gasteiger partial charge in [-0.3, -0.25) is 0 Å². The fourth-order valence-corrected chi connectivity index (χ4v) is 2.37. The SMILES string of the molecule is Cc1ccc(Cl)c(-c2nc(N)nc(Nc3ccc(Cl)cc3)n2)c1. The minimum atomic E-state index is 0.115. The van der Waals surface area contributed by atoms with Crippen LogP contribution in [0.1, 0.15) is 5.56 Å². The highest BCUT2D eigenvalue weighted by atomic mass is 35.5. The van der Waals surface area contributed by atoms with E-state index in [-0.39, 0.29) is 5.95 Å². The van der Waals surface area contributed by atoms with Gasteiger partial charge >= 0.3 is 0 Å². The van der Waals surface area contributed by atoms with E-state index in [1.807, 2.05) is 31.2 Å². The summed E-state index contributed by atoms with van der Waals surface area (Å²) in [5.41, 5.74) is 8.35. The number of rotatable bonds is 3. The number of anilines is 3. The van der Waals surface area contributed by atoms with E-state index >= 15 is 0 Å². The maximum absolute atomic E-state index is 6.24. The summed E-state index contributed by atoms with van der Waals surface area (Å²) in [6.45, 7) is 1.97. The third kappa shape index (κ3) is 3.70. The zero-order valence-electron chi connectivity index (χ0n) is 12.2. The van der Waals surface area contributed by atoms with E-state index in [1.54, 1.807) is 18.2 Å². The Morgan fingerprint density at radius 3 is 2.43 bits per heavy atom. The van der Waals surface area contributed by atoms with Crippen molar-refractivity contribution in [1.82, 2.24) is 15.0 Å². The van der Waals surface area contributed by atoms with Crippen molar-refractivity contribution in [2.75, 3.05) is 11.1 Å². The van der Waals surface area contributed by atoms with E-state index in [2.05, 4.69) is 20.3 Å². The minimum Gasteiger partial charge on any atom is -0.368 e. The molecule has 0 aliphatic heterocycles. The van der Waals surface area contributed by atoms with Gasteiger partial charge in [0.15, 0.2) is 5.82 Å². The standard InChI is InChI=1S/C16H13Cl2N5/c1-9-2-7-13(18)12(8-9)14-21-15(19)23-16(22-14)20-11-5-3-10(17)4-6-11/h2-8H,1H3,(H3,19,20,21,22,23). The van der Waals surface area contributed by atoms with Crippen LogP contribution in [0.4, 0.5) is 17.6 Å². The van der Waals surface area contributed by atoms with Gasteiger partial charge in [0.25, 0.3) is 0 Å². The molecule has 0 spiro atoms. The average molecular weight is 346 g/mol. The number of nitrogens with two attached hydrogens (primary N) is 1. The van der Waals surface area contributed by atoms with Gasteiger partial charge in [-0.15, -0.1) is 0 Å². The molecule has 2 aromatic carbocycles. The molecule has 0 atom stereocenters.